The molecule has 1 aliphatic rings. The molecule has 4 heteroatoms. The van der Waals surface area contributed by atoms with Crippen molar-refractivity contribution in [3.8, 4) is 0 Å². The number of carbonyl (C=O) groups is 1. The van der Waals surface area contributed by atoms with Crippen LogP contribution in [0.25, 0.3) is 0 Å². The van der Waals surface area contributed by atoms with E-state index in [4.69, 9.17) is 0 Å². The van der Waals surface area contributed by atoms with Gasteiger partial charge in [-0.25, -0.2) is 0 Å². The van der Waals surface area contributed by atoms with Crippen LogP contribution < -0.4 is 10.6 Å². The molecule has 0 radical (unpaired) electrons. The molecule has 0 aromatic carbocycles. The molecule has 2 unspecified atom stereocenters. The first-order chi connectivity index (χ1) is 7.38. The third-order valence-corrected chi connectivity index (χ3v) is 2.96. The summed E-state index contributed by atoms with van der Waals surface area (Å²) in [7, 11) is 0. The van der Waals surface area contributed by atoms with Crippen LogP contribution in [0, 0.1) is 5.92 Å². The molecule has 1 fully saturated rings. The van der Waals surface area contributed by atoms with E-state index in [0.717, 1.165) is 19.3 Å². The van der Waals surface area contributed by atoms with Crippen LogP contribution in [0.5, 0.6) is 0 Å². The van der Waals surface area contributed by atoms with E-state index in [0.29, 0.717) is 13.1 Å². The van der Waals surface area contributed by atoms with Crippen molar-refractivity contribution in [1.29, 1.82) is 0 Å². The van der Waals surface area contributed by atoms with Gasteiger partial charge in [-0.3, -0.25) is 4.79 Å². The first-order valence-electron chi connectivity index (χ1n) is 6.08. The lowest BCUT2D eigenvalue weighted by molar-refractivity contribution is -0.120. The van der Waals surface area contributed by atoms with Crippen LogP contribution in [0.15, 0.2) is 0 Å². The van der Waals surface area contributed by atoms with Crippen LogP contribution in [0.1, 0.15) is 40.0 Å². The monoisotopic (exact) mass is 228 g/mol. The van der Waals surface area contributed by atoms with Gasteiger partial charge in [0.25, 0.3) is 0 Å². The van der Waals surface area contributed by atoms with Gasteiger partial charge in [0.1, 0.15) is 0 Å². The summed E-state index contributed by atoms with van der Waals surface area (Å²) in [6.07, 6.45) is 2.74. The number of aliphatic hydroxyl groups is 1. The quantitative estimate of drug-likeness (QED) is 0.662. The summed E-state index contributed by atoms with van der Waals surface area (Å²) < 4.78 is 0. The van der Waals surface area contributed by atoms with Crippen LogP contribution in [0.4, 0.5) is 0 Å². The number of rotatable bonds is 4. The Bertz CT molecular complexity index is 236. The minimum atomic E-state index is -0.226. The predicted octanol–water partition coefficient (Wildman–Crippen LogP) is 0.652. The maximum atomic E-state index is 11.5. The average Bonchev–Trinajstić information content (AvgIpc) is 2.57. The molecule has 94 valence electrons. The average molecular weight is 228 g/mol. The van der Waals surface area contributed by atoms with Crippen LogP contribution in [-0.2, 0) is 4.79 Å². The Morgan fingerprint density at radius 1 is 1.38 bits per heavy atom. The zero-order chi connectivity index (χ0) is 12.2. The molecule has 0 aliphatic heterocycles. The minimum absolute atomic E-state index is 0.00836. The van der Waals surface area contributed by atoms with E-state index in [2.05, 4.69) is 10.6 Å². The molecule has 0 aromatic heterocycles. The SMILES string of the molecule is CC(C)(C)NCC(=O)NCC1CCCC1O. The summed E-state index contributed by atoms with van der Waals surface area (Å²) in [6, 6.07) is 0. The van der Waals surface area contributed by atoms with Gasteiger partial charge in [0.15, 0.2) is 0 Å². The van der Waals surface area contributed by atoms with Crippen LogP contribution in [-0.4, -0.2) is 35.7 Å². The van der Waals surface area contributed by atoms with Crippen molar-refractivity contribution < 1.29 is 9.90 Å². The van der Waals surface area contributed by atoms with E-state index < -0.39 is 0 Å². The molecule has 1 amide bonds. The highest BCUT2D eigenvalue weighted by molar-refractivity contribution is 5.78. The van der Waals surface area contributed by atoms with Crippen LogP contribution in [0.2, 0.25) is 0 Å². The van der Waals surface area contributed by atoms with E-state index in [9.17, 15) is 9.90 Å². The van der Waals surface area contributed by atoms with Crippen LogP contribution in [0.3, 0.4) is 0 Å². The molecule has 0 saturated heterocycles. The summed E-state index contributed by atoms with van der Waals surface area (Å²) in [5.74, 6) is 0.257. The van der Waals surface area contributed by atoms with Gasteiger partial charge in [-0.15, -0.1) is 0 Å². The van der Waals surface area contributed by atoms with Gasteiger partial charge in [-0.05, 0) is 33.6 Å². The van der Waals surface area contributed by atoms with E-state index >= 15 is 0 Å². The van der Waals surface area contributed by atoms with E-state index in [-0.39, 0.29) is 23.5 Å². The second-order valence-corrected chi connectivity index (χ2v) is 5.67. The predicted molar refractivity (Wildman–Crippen MR) is 64.1 cm³/mol. The number of aliphatic hydroxyl groups excluding tert-OH is 1. The highest BCUT2D eigenvalue weighted by atomic mass is 16.3. The van der Waals surface area contributed by atoms with Gasteiger partial charge in [-0.1, -0.05) is 6.42 Å². The van der Waals surface area contributed by atoms with E-state index in [1.54, 1.807) is 0 Å². The minimum Gasteiger partial charge on any atom is -0.393 e. The Labute approximate surface area is 97.8 Å². The lowest BCUT2D eigenvalue weighted by Gasteiger charge is -2.21. The largest absolute Gasteiger partial charge is 0.393 e. The van der Waals surface area contributed by atoms with Crippen molar-refractivity contribution in [2.45, 2.75) is 51.7 Å². The molecule has 1 saturated carbocycles. The summed E-state index contributed by atoms with van der Waals surface area (Å²) in [5.41, 5.74) is -0.0375. The van der Waals surface area contributed by atoms with Gasteiger partial charge in [-0.2, -0.15) is 0 Å². The molecular formula is C12H24N2O2. The van der Waals surface area contributed by atoms with Gasteiger partial charge < -0.3 is 15.7 Å². The van der Waals surface area contributed by atoms with Gasteiger partial charge in [0.2, 0.25) is 5.91 Å². The number of nitrogens with one attached hydrogen (secondary N) is 2. The maximum Gasteiger partial charge on any atom is 0.233 e. The lowest BCUT2D eigenvalue weighted by atomic mass is 10.1. The standard InChI is InChI=1S/C12H24N2O2/c1-12(2,3)14-8-11(16)13-7-9-5-4-6-10(9)15/h9-10,14-15H,4-8H2,1-3H3,(H,13,16). The third-order valence-electron chi connectivity index (χ3n) is 2.96. The molecule has 16 heavy (non-hydrogen) atoms. The number of carbonyl (C=O) groups excluding carboxylic acids is 1. The lowest BCUT2D eigenvalue weighted by Crippen LogP contribution is -2.44. The molecule has 0 spiro atoms. The van der Waals surface area contributed by atoms with E-state index in [1.807, 2.05) is 20.8 Å². The Kier molecular flexibility index (Phi) is 4.74. The fourth-order valence-electron chi connectivity index (χ4n) is 1.91. The molecular weight excluding hydrogens is 204 g/mol. The topological polar surface area (TPSA) is 61.4 Å². The fourth-order valence-corrected chi connectivity index (χ4v) is 1.91. The second kappa shape index (κ2) is 5.64. The highest BCUT2D eigenvalue weighted by Crippen LogP contribution is 2.24. The Morgan fingerprint density at radius 3 is 2.56 bits per heavy atom. The Hall–Kier alpha value is -0.610. The first kappa shape index (κ1) is 13.5. The third kappa shape index (κ3) is 4.94. The molecule has 2 atom stereocenters. The summed E-state index contributed by atoms with van der Waals surface area (Å²) in [4.78, 5) is 11.5. The second-order valence-electron chi connectivity index (χ2n) is 5.67. The smallest absolute Gasteiger partial charge is 0.233 e. The molecule has 0 bridgehead atoms. The molecule has 4 nitrogen and oxygen atoms in total. The van der Waals surface area contributed by atoms with Crippen molar-refractivity contribution in [1.82, 2.24) is 10.6 Å². The maximum absolute atomic E-state index is 11.5. The number of amides is 1. The normalized spacial score (nSPS) is 25.8. The Balaban J connectivity index is 2.15. The van der Waals surface area contributed by atoms with E-state index in [1.165, 1.54) is 0 Å². The summed E-state index contributed by atoms with van der Waals surface area (Å²) >= 11 is 0. The zero-order valence-electron chi connectivity index (χ0n) is 10.5. The van der Waals surface area contributed by atoms with Crippen molar-refractivity contribution in [3.63, 3.8) is 0 Å². The van der Waals surface area contributed by atoms with Crippen molar-refractivity contribution in [3.05, 3.63) is 0 Å². The fraction of sp³-hybridized carbons (Fsp3) is 0.917. The summed E-state index contributed by atoms with van der Waals surface area (Å²) in [5, 5.41) is 15.6. The van der Waals surface area contributed by atoms with Gasteiger partial charge >= 0.3 is 0 Å². The summed E-state index contributed by atoms with van der Waals surface area (Å²) in [6.45, 7) is 7.03. The first-order valence-corrected chi connectivity index (χ1v) is 6.08. The van der Waals surface area contributed by atoms with Crippen molar-refractivity contribution in [2.75, 3.05) is 13.1 Å². The highest BCUT2D eigenvalue weighted by Gasteiger charge is 2.25. The number of hydrogen-bond donors (Lipinski definition) is 3. The van der Waals surface area contributed by atoms with Gasteiger partial charge in [0.05, 0.1) is 12.6 Å². The number of hydrogen-bond acceptors (Lipinski definition) is 3. The van der Waals surface area contributed by atoms with Crippen molar-refractivity contribution in [2.24, 2.45) is 5.92 Å². The molecule has 0 aromatic rings. The molecule has 3 N–H and O–H groups in total. The van der Waals surface area contributed by atoms with Crippen LogP contribution >= 0.6 is 0 Å². The molecule has 1 aliphatic carbocycles. The molecule has 1 rings (SSSR count). The Morgan fingerprint density at radius 2 is 2.06 bits per heavy atom. The molecule has 0 heterocycles. The zero-order valence-corrected chi connectivity index (χ0v) is 10.5. The van der Waals surface area contributed by atoms with Gasteiger partial charge in [0, 0.05) is 18.0 Å². The van der Waals surface area contributed by atoms with Crippen molar-refractivity contribution >= 4 is 5.91 Å².